The minimum atomic E-state index is -4.30. The molecule has 0 bridgehead atoms. The molecule has 0 aliphatic carbocycles. The first-order valence-electron chi connectivity index (χ1n) is 9.43. The molecule has 1 aliphatic heterocycles. The van der Waals surface area contributed by atoms with E-state index in [0.29, 0.717) is 5.69 Å². The van der Waals surface area contributed by atoms with Crippen LogP contribution in [0.15, 0.2) is 48.5 Å². The summed E-state index contributed by atoms with van der Waals surface area (Å²) in [7, 11) is 0. The minimum absolute atomic E-state index is 0.590. The van der Waals surface area contributed by atoms with Crippen LogP contribution in [0.4, 0.5) is 18.9 Å². The molecule has 0 radical (unpaired) electrons. The highest BCUT2D eigenvalue weighted by molar-refractivity contribution is 5.73. The Morgan fingerprint density at radius 1 is 0.893 bits per heavy atom. The molecule has 0 saturated carbocycles. The summed E-state index contributed by atoms with van der Waals surface area (Å²) in [6, 6.07) is 13.5. The van der Waals surface area contributed by atoms with Crippen molar-refractivity contribution in [2.45, 2.75) is 19.1 Å². The predicted octanol–water partition coefficient (Wildman–Crippen LogP) is 3.66. The van der Waals surface area contributed by atoms with E-state index in [4.69, 9.17) is 0 Å². The van der Waals surface area contributed by atoms with Crippen LogP contribution in [0, 0.1) is 0 Å². The Hall–Kier alpha value is -2.61. The zero-order valence-electron chi connectivity index (χ0n) is 15.4. The Balaban J connectivity index is 1.28. The number of benzene rings is 2. The number of aryl methyl sites for hydroxylation is 1. The van der Waals surface area contributed by atoms with Crippen molar-refractivity contribution in [3.63, 3.8) is 0 Å². The van der Waals surface area contributed by atoms with Gasteiger partial charge in [0.2, 0.25) is 0 Å². The number of rotatable bonds is 5. The Kier molecular flexibility index (Phi) is 5.21. The predicted molar refractivity (Wildman–Crippen MR) is 102 cm³/mol. The van der Waals surface area contributed by atoms with Gasteiger partial charge in [-0.3, -0.25) is 4.90 Å². The van der Waals surface area contributed by atoms with Crippen molar-refractivity contribution in [2.24, 2.45) is 0 Å². The van der Waals surface area contributed by atoms with Crippen LogP contribution in [-0.2, 0) is 12.7 Å². The van der Waals surface area contributed by atoms with E-state index in [-0.39, 0.29) is 0 Å². The molecule has 1 fully saturated rings. The van der Waals surface area contributed by atoms with E-state index in [2.05, 4.69) is 15.2 Å². The number of hydrogen-bond acceptors (Lipinski definition) is 4. The highest BCUT2D eigenvalue weighted by Gasteiger charge is 2.31. The summed E-state index contributed by atoms with van der Waals surface area (Å²) in [6.45, 7) is 4.88. The largest absolute Gasteiger partial charge is 0.416 e. The van der Waals surface area contributed by atoms with Crippen molar-refractivity contribution in [3.8, 4) is 0 Å². The second-order valence-electron chi connectivity index (χ2n) is 7.03. The average Bonchev–Trinajstić information content (AvgIpc) is 3.11. The van der Waals surface area contributed by atoms with Crippen LogP contribution in [0.2, 0.25) is 0 Å². The Morgan fingerprint density at radius 2 is 1.68 bits per heavy atom. The number of halogens is 3. The van der Waals surface area contributed by atoms with Gasteiger partial charge in [-0.1, -0.05) is 23.4 Å². The number of aromatic nitrogens is 3. The fourth-order valence-corrected chi connectivity index (χ4v) is 3.64. The van der Waals surface area contributed by atoms with Gasteiger partial charge in [0.05, 0.1) is 11.1 Å². The Bertz CT molecular complexity index is 929. The van der Waals surface area contributed by atoms with E-state index in [0.717, 1.165) is 62.8 Å². The van der Waals surface area contributed by atoms with Crippen LogP contribution in [0.1, 0.15) is 12.0 Å². The smallest absolute Gasteiger partial charge is 0.369 e. The normalized spacial score (nSPS) is 16.0. The molecule has 148 valence electrons. The summed E-state index contributed by atoms with van der Waals surface area (Å²) in [5.41, 5.74) is 1.99. The molecule has 1 saturated heterocycles. The topological polar surface area (TPSA) is 37.2 Å². The molecule has 5 nitrogen and oxygen atoms in total. The fraction of sp³-hybridized carbons (Fsp3) is 0.400. The van der Waals surface area contributed by atoms with Crippen molar-refractivity contribution in [1.82, 2.24) is 19.9 Å². The monoisotopic (exact) mass is 389 g/mol. The lowest BCUT2D eigenvalue weighted by atomic mass is 10.1. The van der Waals surface area contributed by atoms with Crippen molar-refractivity contribution >= 4 is 16.7 Å². The molecular weight excluding hydrogens is 367 g/mol. The first-order chi connectivity index (χ1) is 13.5. The quantitative estimate of drug-likeness (QED) is 0.667. The minimum Gasteiger partial charge on any atom is -0.369 e. The van der Waals surface area contributed by atoms with Crippen LogP contribution in [0.5, 0.6) is 0 Å². The van der Waals surface area contributed by atoms with Gasteiger partial charge in [-0.15, -0.1) is 5.10 Å². The van der Waals surface area contributed by atoms with Gasteiger partial charge in [0.1, 0.15) is 5.52 Å². The average molecular weight is 389 g/mol. The van der Waals surface area contributed by atoms with E-state index in [1.165, 1.54) is 12.1 Å². The van der Waals surface area contributed by atoms with E-state index >= 15 is 0 Å². The van der Waals surface area contributed by atoms with Gasteiger partial charge in [0.15, 0.2) is 0 Å². The molecule has 8 heteroatoms. The maximum Gasteiger partial charge on any atom is 0.416 e. The van der Waals surface area contributed by atoms with Crippen LogP contribution in [-0.4, -0.2) is 52.6 Å². The zero-order chi connectivity index (χ0) is 19.6. The number of nitrogens with zero attached hydrogens (tertiary/aromatic N) is 5. The highest BCUT2D eigenvalue weighted by atomic mass is 19.4. The molecule has 28 heavy (non-hydrogen) atoms. The number of piperazine rings is 1. The van der Waals surface area contributed by atoms with Crippen molar-refractivity contribution in [1.29, 1.82) is 0 Å². The third-order valence-corrected chi connectivity index (χ3v) is 5.18. The Labute approximate surface area is 161 Å². The summed E-state index contributed by atoms with van der Waals surface area (Å²) < 4.78 is 40.7. The van der Waals surface area contributed by atoms with Gasteiger partial charge in [-0.05, 0) is 36.8 Å². The van der Waals surface area contributed by atoms with Crippen molar-refractivity contribution in [3.05, 3.63) is 54.1 Å². The third-order valence-electron chi connectivity index (χ3n) is 5.18. The van der Waals surface area contributed by atoms with Crippen molar-refractivity contribution < 1.29 is 13.2 Å². The van der Waals surface area contributed by atoms with Gasteiger partial charge >= 0.3 is 6.18 Å². The molecule has 0 amide bonds. The van der Waals surface area contributed by atoms with Crippen LogP contribution in [0.3, 0.4) is 0 Å². The molecule has 0 N–H and O–H groups in total. The summed E-state index contributed by atoms with van der Waals surface area (Å²) in [4.78, 5) is 4.37. The molecule has 4 rings (SSSR count). The molecule has 3 aromatic rings. The second-order valence-corrected chi connectivity index (χ2v) is 7.03. The van der Waals surface area contributed by atoms with Gasteiger partial charge in [-0.2, -0.15) is 13.2 Å². The molecule has 0 spiro atoms. The van der Waals surface area contributed by atoms with Gasteiger partial charge < -0.3 is 4.90 Å². The maximum atomic E-state index is 12.9. The van der Waals surface area contributed by atoms with Crippen LogP contribution >= 0.6 is 0 Å². The number of para-hydroxylation sites is 1. The maximum absolute atomic E-state index is 12.9. The van der Waals surface area contributed by atoms with E-state index in [1.807, 2.05) is 33.8 Å². The zero-order valence-corrected chi connectivity index (χ0v) is 15.4. The lowest BCUT2D eigenvalue weighted by Crippen LogP contribution is -2.46. The van der Waals surface area contributed by atoms with E-state index < -0.39 is 11.7 Å². The first kappa shape index (κ1) is 18.7. The Morgan fingerprint density at radius 3 is 2.46 bits per heavy atom. The fourth-order valence-electron chi connectivity index (χ4n) is 3.64. The summed E-state index contributed by atoms with van der Waals surface area (Å²) in [5.74, 6) is 0. The summed E-state index contributed by atoms with van der Waals surface area (Å²) in [5, 5.41) is 8.37. The molecule has 0 unspecified atom stereocenters. The molecular formula is C20H22F3N5. The lowest BCUT2D eigenvalue weighted by molar-refractivity contribution is -0.137. The summed E-state index contributed by atoms with van der Waals surface area (Å²) in [6.07, 6.45) is -3.35. The first-order valence-corrected chi connectivity index (χ1v) is 9.43. The van der Waals surface area contributed by atoms with Gasteiger partial charge in [0.25, 0.3) is 0 Å². The number of fused-ring (bicyclic) bond motifs is 1. The van der Waals surface area contributed by atoms with Gasteiger partial charge in [0, 0.05) is 45.0 Å². The number of alkyl halides is 3. The molecule has 1 aromatic heterocycles. The van der Waals surface area contributed by atoms with E-state index in [1.54, 1.807) is 6.07 Å². The van der Waals surface area contributed by atoms with Crippen LogP contribution in [0.25, 0.3) is 11.0 Å². The number of anilines is 1. The third kappa shape index (κ3) is 4.11. The second kappa shape index (κ2) is 7.79. The molecule has 2 aromatic carbocycles. The number of hydrogen-bond donors (Lipinski definition) is 0. The van der Waals surface area contributed by atoms with E-state index in [9.17, 15) is 13.2 Å². The highest BCUT2D eigenvalue weighted by Crippen LogP contribution is 2.31. The SMILES string of the molecule is FC(F)(F)c1cccc(N2CCN(CCCn3nnc4ccccc43)CC2)c1. The summed E-state index contributed by atoms with van der Waals surface area (Å²) >= 11 is 0. The molecule has 0 atom stereocenters. The molecule has 1 aliphatic rings. The van der Waals surface area contributed by atoms with Crippen LogP contribution < -0.4 is 4.90 Å². The standard InChI is InChI=1S/C20H22F3N5/c21-20(22,23)16-5-3-6-17(15-16)27-13-11-26(12-14-27)9-4-10-28-19-8-2-1-7-18(19)24-25-28/h1-3,5-8,15H,4,9-14H2. The van der Waals surface area contributed by atoms with Gasteiger partial charge in [-0.25, -0.2) is 4.68 Å². The van der Waals surface area contributed by atoms with Crippen molar-refractivity contribution in [2.75, 3.05) is 37.6 Å². The lowest BCUT2D eigenvalue weighted by Gasteiger charge is -2.36. The molecule has 2 heterocycles.